The van der Waals surface area contributed by atoms with E-state index in [4.69, 9.17) is 5.11 Å². The maximum Gasteiger partial charge on any atom is 0.336 e. The second kappa shape index (κ2) is 4.92. The lowest BCUT2D eigenvalue weighted by Crippen LogP contribution is -2.14. The highest BCUT2D eigenvalue weighted by Crippen LogP contribution is 2.19. The van der Waals surface area contributed by atoms with E-state index in [0.29, 0.717) is 11.3 Å². The third-order valence-electron chi connectivity index (χ3n) is 2.41. The molecule has 0 saturated carbocycles. The molecule has 0 spiro atoms. The van der Waals surface area contributed by atoms with Gasteiger partial charge >= 0.3 is 5.97 Å². The summed E-state index contributed by atoms with van der Waals surface area (Å²) in [6, 6.07) is 4.70. The zero-order valence-corrected chi connectivity index (χ0v) is 10.2. The Morgan fingerprint density at radius 2 is 2.17 bits per heavy atom. The van der Waals surface area contributed by atoms with Gasteiger partial charge in [0, 0.05) is 11.1 Å². The van der Waals surface area contributed by atoms with Crippen LogP contribution in [0.1, 0.15) is 26.4 Å². The predicted molar refractivity (Wildman–Crippen MR) is 66.0 cm³/mol. The minimum atomic E-state index is -1.03. The molecule has 7 heteroatoms. The highest BCUT2D eigenvalue weighted by Gasteiger charge is 2.14. The normalized spacial score (nSPS) is 10.1. The molecule has 0 aliphatic rings. The van der Waals surface area contributed by atoms with Gasteiger partial charge in [-0.1, -0.05) is 10.6 Å². The zero-order valence-electron chi connectivity index (χ0n) is 9.38. The van der Waals surface area contributed by atoms with Crippen molar-refractivity contribution in [3.63, 3.8) is 0 Å². The molecule has 92 valence electrons. The first-order valence-electron chi connectivity index (χ1n) is 5.01. The summed E-state index contributed by atoms with van der Waals surface area (Å²) in [5.41, 5.74) is 1.32. The van der Waals surface area contributed by atoms with Crippen molar-refractivity contribution >= 4 is 29.1 Å². The van der Waals surface area contributed by atoms with Crippen molar-refractivity contribution in [1.29, 1.82) is 0 Å². The number of rotatable bonds is 3. The summed E-state index contributed by atoms with van der Waals surface area (Å²) in [6.45, 7) is 1.64. The number of nitrogens with one attached hydrogen (secondary N) is 1. The molecule has 18 heavy (non-hydrogen) atoms. The van der Waals surface area contributed by atoms with Crippen LogP contribution in [0.15, 0.2) is 23.6 Å². The minimum absolute atomic E-state index is 0.157. The van der Waals surface area contributed by atoms with Gasteiger partial charge in [-0.05, 0) is 36.2 Å². The van der Waals surface area contributed by atoms with Crippen molar-refractivity contribution in [1.82, 2.24) is 9.59 Å². The van der Waals surface area contributed by atoms with E-state index in [1.54, 1.807) is 19.1 Å². The topological polar surface area (TPSA) is 92.2 Å². The van der Waals surface area contributed by atoms with Crippen LogP contribution in [-0.2, 0) is 0 Å². The number of aromatic carboxylic acids is 1. The number of carbonyl (C=O) groups excluding carboxylic acids is 1. The number of hydrogen-bond acceptors (Lipinski definition) is 5. The highest BCUT2D eigenvalue weighted by molar-refractivity contribution is 7.03. The standard InChI is InChI=1S/C11H9N3O3S/c1-6-7(11(16)17)3-2-4-8(6)12-10(15)9-5-18-14-13-9/h2-5H,1H3,(H,12,15)(H,16,17). The number of benzene rings is 1. The molecule has 2 aromatic rings. The molecule has 0 unspecified atom stereocenters. The average Bonchev–Trinajstić information content (AvgIpc) is 2.85. The van der Waals surface area contributed by atoms with Crippen LogP contribution in [0.2, 0.25) is 0 Å². The first-order valence-corrected chi connectivity index (χ1v) is 5.84. The van der Waals surface area contributed by atoms with Gasteiger partial charge in [0.1, 0.15) is 0 Å². The second-order valence-corrected chi connectivity index (χ2v) is 4.14. The first-order chi connectivity index (χ1) is 8.59. The van der Waals surface area contributed by atoms with Crippen LogP contribution >= 0.6 is 11.5 Å². The van der Waals surface area contributed by atoms with Crippen molar-refractivity contribution in [2.24, 2.45) is 0 Å². The molecule has 1 aromatic carbocycles. The summed E-state index contributed by atoms with van der Waals surface area (Å²) < 4.78 is 3.59. The van der Waals surface area contributed by atoms with Crippen LogP contribution in [0.4, 0.5) is 5.69 Å². The predicted octanol–water partition coefficient (Wildman–Crippen LogP) is 1.80. The largest absolute Gasteiger partial charge is 0.478 e. The monoisotopic (exact) mass is 263 g/mol. The lowest BCUT2D eigenvalue weighted by Gasteiger charge is -2.09. The number of nitrogens with zero attached hydrogens (tertiary/aromatic N) is 2. The van der Waals surface area contributed by atoms with Crippen molar-refractivity contribution in [2.75, 3.05) is 5.32 Å². The molecular formula is C11H9N3O3S. The Hall–Kier alpha value is -2.28. The molecule has 0 fully saturated rings. The van der Waals surface area contributed by atoms with E-state index in [0.717, 1.165) is 11.5 Å². The van der Waals surface area contributed by atoms with Gasteiger partial charge < -0.3 is 10.4 Å². The molecule has 1 amide bonds. The van der Waals surface area contributed by atoms with Crippen molar-refractivity contribution in [2.45, 2.75) is 6.92 Å². The summed E-state index contributed by atoms with van der Waals surface area (Å²) in [5, 5.41) is 16.7. The molecule has 0 bridgehead atoms. The van der Waals surface area contributed by atoms with Gasteiger partial charge in [-0.25, -0.2) is 4.79 Å². The Balaban J connectivity index is 2.27. The first kappa shape index (κ1) is 12.2. The van der Waals surface area contributed by atoms with E-state index in [1.165, 1.54) is 11.4 Å². The summed E-state index contributed by atoms with van der Waals surface area (Å²) in [7, 11) is 0. The zero-order chi connectivity index (χ0) is 13.1. The van der Waals surface area contributed by atoms with Crippen molar-refractivity contribution in [3.05, 3.63) is 40.4 Å². The quantitative estimate of drug-likeness (QED) is 0.880. The number of carboxylic acid groups (broad SMARTS) is 1. The van der Waals surface area contributed by atoms with Crippen LogP contribution in [-0.4, -0.2) is 26.6 Å². The van der Waals surface area contributed by atoms with Gasteiger partial charge in [-0.2, -0.15) is 0 Å². The minimum Gasteiger partial charge on any atom is -0.478 e. The third kappa shape index (κ3) is 2.35. The summed E-state index contributed by atoms with van der Waals surface area (Å²) in [4.78, 5) is 22.7. The number of hydrogen-bond donors (Lipinski definition) is 2. The SMILES string of the molecule is Cc1c(NC(=O)c2csnn2)cccc1C(=O)O. The van der Waals surface area contributed by atoms with Gasteiger partial charge in [0.15, 0.2) is 5.69 Å². The smallest absolute Gasteiger partial charge is 0.336 e. The molecule has 0 aliphatic carbocycles. The fourth-order valence-electron chi connectivity index (χ4n) is 1.45. The van der Waals surface area contributed by atoms with E-state index in [-0.39, 0.29) is 11.3 Å². The lowest BCUT2D eigenvalue weighted by molar-refractivity contribution is 0.0695. The van der Waals surface area contributed by atoms with E-state index >= 15 is 0 Å². The Labute approximate surface area is 106 Å². The van der Waals surface area contributed by atoms with Crippen LogP contribution in [0.25, 0.3) is 0 Å². The molecule has 0 saturated heterocycles. The number of anilines is 1. The number of aromatic nitrogens is 2. The van der Waals surface area contributed by atoms with E-state index in [9.17, 15) is 9.59 Å². The number of carboxylic acids is 1. The Kier molecular flexibility index (Phi) is 3.33. The van der Waals surface area contributed by atoms with Gasteiger partial charge in [-0.15, -0.1) is 5.10 Å². The van der Waals surface area contributed by atoms with Crippen molar-refractivity contribution in [3.8, 4) is 0 Å². The molecule has 1 heterocycles. The maximum atomic E-state index is 11.8. The number of carbonyl (C=O) groups is 2. The average molecular weight is 263 g/mol. The molecule has 2 rings (SSSR count). The van der Waals surface area contributed by atoms with E-state index in [2.05, 4.69) is 14.9 Å². The summed E-state index contributed by atoms with van der Waals surface area (Å²) >= 11 is 1.07. The van der Waals surface area contributed by atoms with Crippen LogP contribution in [0.3, 0.4) is 0 Å². The summed E-state index contributed by atoms with van der Waals surface area (Å²) in [5.74, 6) is -1.44. The van der Waals surface area contributed by atoms with Crippen molar-refractivity contribution < 1.29 is 14.7 Å². The lowest BCUT2D eigenvalue weighted by atomic mass is 10.1. The molecule has 0 radical (unpaired) electrons. The van der Waals surface area contributed by atoms with E-state index < -0.39 is 11.9 Å². The van der Waals surface area contributed by atoms with Crippen LogP contribution in [0.5, 0.6) is 0 Å². The van der Waals surface area contributed by atoms with Gasteiger partial charge in [0.2, 0.25) is 0 Å². The molecule has 2 N–H and O–H groups in total. The summed E-state index contributed by atoms with van der Waals surface area (Å²) in [6.07, 6.45) is 0. The maximum absolute atomic E-state index is 11.8. The van der Waals surface area contributed by atoms with Crippen LogP contribution < -0.4 is 5.32 Å². The highest BCUT2D eigenvalue weighted by atomic mass is 32.1. The third-order valence-corrected chi connectivity index (χ3v) is 2.91. The fraction of sp³-hybridized carbons (Fsp3) is 0.0909. The molecular weight excluding hydrogens is 254 g/mol. The van der Waals surface area contributed by atoms with E-state index in [1.807, 2.05) is 0 Å². The Bertz CT molecular complexity index is 596. The molecule has 6 nitrogen and oxygen atoms in total. The van der Waals surface area contributed by atoms with Gasteiger partial charge in [0.25, 0.3) is 5.91 Å². The molecule has 0 atom stereocenters. The van der Waals surface area contributed by atoms with Gasteiger partial charge in [0.05, 0.1) is 5.56 Å². The Morgan fingerprint density at radius 3 is 2.78 bits per heavy atom. The second-order valence-electron chi connectivity index (χ2n) is 3.53. The fourth-order valence-corrected chi connectivity index (χ4v) is 1.89. The van der Waals surface area contributed by atoms with Gasteiger partial charge in [-0.3, -0.25) is 4.79 Å². The number of amides is 1. The Morgan fingerprint density at radius 1 is 1.39 bits per heavy atom. The molecule has 0 aliphatic heterocycles. The van der Waals surface area contributed by atoms with Crippen LogP contribution in [0, 0.1) is 6.92 Å². The molecule has 1 aromatic heterocycles.